The van der Waals surface area contributed by atoms with Crippen molar-refractivity contribution < 1.29 is 29.0 Å². The molecule has 1 aliphatic rings. The number of carbonyl (C=O) groups is 3. The number of carboxylic acids is 1. The number of aliphatic carboxylic acids is 1. The maximum Gasteiger partial charge on any atom is 0.341 e. The first-order valence-corrected chi connectivity index (χ1v) is 7.15. The van der Waals surface area contributed by atoms with Gasteiger partial charge in [0.25, 0.3) is 5.91 Å². The van der Waals surface area contributed by atoms with Crippen molar-refractivity contribution in [3.8, 4) is 11.5 Å². The summed E-state index contributed by atoms with van der Waals surface area (Å²) in [5.74, 6) is -1.03. The zero-order chi connectivity index (χ0) is 17.1. The van der Waals surface area contributed by atoms with Crippen LogP contribution in [0.15, 0.2) is 22.3 Å². The molecule has 1 aromatic rings. The van der Waals surface area contributed by atoms with Crippen LogP contribution in [0.4, 0.5) is 4.79 Å². The predicted molar refractivity (Wildman–Crippen MR) is 83.1 cm³/mol. The highest BCUT2D eigenvalue weighted by atomic mass is 79.9. The third-order valence-corrected chi connectivity index (χ3v) is 3.70. The molecule has 0 saturated carbocycles. The quantitative estimate of drug-likeness (QED) is 0.587. The molecule has 1 fully saturated rings. The molecule has 0 aliphatic carbocycles. The number of urea groups is 1. The molecular formula is C14H13BrN2O6. The number of carboxylic acid groups (broad SMARTS) is 1. The van der Waals surface area contributed by atoms with Crippen LogP contribution in [0.25, 0.3) is 6.08 Å². The number of nitrogens with one attached hydrogen (secondary N) is 1. The van der Waals surface area contributed by atoms with Crippen molar-refractivity contribution in [3.05, 3.63) is 27.9 Å². The first kappa shape index (κ1) is 16.8. The summed E-state index contributed by atoms with van der Waals surface area (Å²) in [6, 6.07) is 2.58. The second kappa shape index (κ2) is 6.69. The summed E-state index contributed by atoms with van der Waals surface area (Å²) in [4.78, 5) is 34.8. The Morgan fingerprint density at radius 2 is 2.09 bits per heavy atom. The van der Waals surface area contributed by atoms with Crippen molar-refractivity contribution in [1.82, 2.24) is 10.2 Å². The number of amides is 3. The summed E-state index contributed by atoms with van der Waals surface area (Å²) in [6.07, 6.45) is 1.48. The Morgan fingerprint density at radius 1 is 1.39 bits per heavy atom. The van der Waals surface area contributed by atoms with Gasteiger partial charge >= 0.3 is 12.0 Å². The van der Waals surface area contributed by atoms with Crippen LogP contribution >= 0.6 is 15.9 Å². The summed E-state index contributed by atoms with van der Waals surface area (Å²) in [6.45, 7) is -0.511. The number of hydrogen-bond donors (Lipinski definition) is 2. The van der Waals surface area contributed by atoms with E-state index in [1.807, 2.05) is 0 Å². The van der Waals surface area contributed by atoms with E-state index in [0.29, 0.717) is 15.8 Å². The first-order valence-electron chi connectivity index (χ1n) is 6.36. The van der Waals surface area contributed by atoms with Crippen molar-refractivity contribution in [2.24, 2.45) is 0 Å². The van der Waals surface area contributed by atoms with Crippen molar-refractivity contribution in [3.63, 3.8) is 0 Å². The molecule has 0 aromatic heterocycles. The van der Waals surface area contributed by atoms with E-state index in [0.717, 1.165) is 4.90 Å². The highest BCUT2D eigenvalue weighted by Crippen LogP contribution is 2.34. The molecule has 1 aromatic carbocycles. The van der Waals surface area contributed by atoms with Gasteiger partial charge in [-0.3, -0.25) is 9.69 Å². The van der Waals surface area contributed by atoms with Crippen LogP contribution in [0.3, 0.4) is 0 Å². The minimum absolute atomic E-state index is 0.124. The smallest absolute Gasteiger partial charge is 0.341 e. The summed E-state index contributed by atoms with van der Waals surface area (Å²) in [7, 11) is 2.78. The average molecular weight is 385 g/mol. The summed E-state index contributed by atoms with van der Waals surface area (Å²) < 4.78 is 10.8. The third kappa shape index (κ3) is 3.62. The van der Waals surface area contributed by atoms with Crippen LogP contribution < -0.4 is 14.8 Å². The molecule has 0 spiro atoms. The Bertz CT molecular complexity index is 715. The Hall–Kier alpha value is -2.55. The van der Waals surface area contributed by atoms with E-state index in [9.17, 15) is 14.4 Å². The lowest BCUT2D eigenvalue weighted by atomic mass is 10.1. The number of nitrogens with zero attached hydrogens (tertiary/aromatic N) is 1. The van der Waals surface area contributed by atoms with Crippen molar-refractivity contribution >= 4 is 39.9 Å². The molecule has 122 valence electrons. The lowest BCUT2D eigenvalue weighted by molar-refractivity contribution is -0.139. The number of benzene rings is 1. The number of methoxy groups -OCH3 is 1. The maximum absolute atomic E-state index is 11.9. The molecule has 0 unspecified atom stereocenters. The fourth-order valence-corrected chi connectivity index (χ4v) is 2.29. The topological polar surface area (TPSA) is 105 Å². The third-order valence-electron chi connectivity index (χ3n) is 3.02. The number of hydrogen-bond acceptors (Lipinski definition) is 5. The second-order valence-electron chi connectivity index (χ2n) is 4.56. The van der Waals surface area contributed by atoms with Gasteiger partial charge in [0.1, 0.15) is 5.70 Å². The normalized spacial score (nSPS) is 15.8. The largest absolute Gasteiger partial charge is 0.493 e. The van der Waals surface area contributed by atoms with E-state index in [-0.39, 0.29) is 11.4 Å². The van der Waals surface area contributed by atoms with Crippen molar-refractivity contribution in [1.29, 1.82) is 0 Å². The lowest BCUT2D eigenvalue weighted by Crippen LogP contribution is -2.25. The molecule has 0 atom stereocenters. The molecule has 2 rings (SSSR count). The zero-order valence-electron chi connectivity index (χ0n) is 12.3. The number of ether oxygens (including phenoxy) is 2. The number of imide groups is 1. The minimum atomic E-state index is -1.11. The van der Waals surface area contributed by atoms with E-state index in [2.05, 4.69) is 21.2 Å². The van der Waals surface area contributed by atoms with Crippen molar-refractivity contribution in [2.45, 2.75) is 0 Å². The molecule has 1 heterocycles. The van der Waals surface area contributed by atoms with Gasteiger partial charge in [0.15, 0.2) is 18.1 Å². The van der Waals surface area contributed by atoms with E-state index in [1.165, 1.54) is 26.3 Å². The number of carbonyl (C=O) groups excluding carboxylic acids is 2. The number of halogens is 1. The van der Waals surface area contributed by atoms with Gasteiger partial charge in [-0.15, -0.1) is 0 Å². The summed E-state index contributed by atoms with van der Waals surface area (Å²) in [5.41, 5.74) is 0.683. The summed E-state index contributed by atoms with van der Waals surface area (Å²) in [5, 5.41) is 11.1. The Morgan fingerprint density at radius 3 is 2.61 bits per heavy atom. The Labute approximate surface area is 139 Å². The first-order chi connectivity index (χ1) is 10.8. The lowest BCUT2D eigenvalue weighted by Gasteiger charge is -2.11. The summed E-state index contributed by atoms with van der Waals surface area (Å²) >= 11 is 3.31. The van der Waals surface area contributed by atoms with Crippen LogP contribution in [-0.4, -0.2) is 48.7 Å². The van der Waals surface area contributed by atoms with Crippen LogP contribution in [0, 0.1) is 0 Å². The molecule has 0 radical (unpaired) electrons. The minimum Gasteiger partial charge on any atom is -0.493 e. The van der Waals surface area contributed by atoms with Gasteiger partial charge in [-0.1, -0.05) is 15.9 Å². The van der Waals surface area contributed by atoms with E-state index in [1.54, 1.807) is 6.07 Å². The predicted octanol–water partition coefficient (Wildman–Crippen LogP) is 1.44. The molecule has 9 heteroatoms. The Balaban J connectivity index is 2.35. The molecule has 8 nitrogen and oxygen atoms in total. The molecule has 1 aliphatic heterocycles. The van der Waals surface area contributed by atoms with Gasteiger partial charge in [0.2, 0.25) is 0 Å². The van der Waals surface area contributed by atoms with Gasteiger partial charge < -0.3 is 19.9 Å². The van der Waals surface area contributed by atoms with Gasteiger partial charge in [-0.2, -0.15) is 0 Å². The number of rotatable bonds is 5. The molecule has 2 N–H and O–H groups in total. The fraction of sp³-hybridized carbons (Fsp3) is 0.214. The van der Waals surface area contributed by atoms with E-state index < -0.39 is 24.5 Å². The SMILES string of the molecule is COc1cc(/C=C2/NC(=O)N(C)C2=O)c(Br)cc1OCC(=O)O. The van der Waals surface area contributed by atoms with Gasteiger partial charge in [-0.05, 0) is 23.8 Å². The number of likely N-dealkylation sites (N-methyl/N-ethyl adjacent to an activating group) is 1. The van der Waals surface area contributed by atoms with E-state index >= 15 is 0 Å². The molecule has 23 heavy (non-hydrogen) atoms. The molecule has 0 bridgehead atoms. The average Bonchev–Trinajstić information content (AvgIpc) is 2.74. The van der Waals surface area contributed by atoms with Crippen LogP contribution in [0.5, 0.6) is 11.5 Å². The molecular weight excluding hydrogens is 372 g/mol. The monoisotopic (exact) mass is 384 g/mol. The molecule has 3 amide bonds. The maximum atomic E-state index is 11.9. The van der Waals surface area contributed by atoms with Gasteiger partial charge in [-0.25, -0.2) is 9.59 Å². The highest BCUT2D eigenvalue weighted by Gasteiger charge is 2.30. The Kier molecular flexibility index (Phi) is 4.89. The van der Waals surface area contributed by atoms with Gasteiger partial charge in [0.05, 0.1) is 7.11 Å². The van der Waals surface area contributed by atoms with Crippen LogP contribution in [-0.2, 0) is 9.59 Å². The van der Waals surface area contributed by atoms with Crippen LogP contribution in [0.2, 0.25) is 0 Å². The van der Waals surface area contributed by atoms with Gasteiger partial charge in [0, 0.05) is 11.5 Å². The second-order valence-corrected chi connectivity index (χ2v) is 5.41. The highest BCUT2D eigenvalue weighted by molar-refractivity contribution is 9.10. The zero-order valence-corrected chi connectivity index (χ0v) is 13.8. The fourth-order valence-electron chi connectivity index (χ4n) is 1.85. The van der Waals surface area contributed by atoms with Crippen LogP contribution in [0.1, 0.15) is 5.56 Å². The van der Waals surface area contributed by atoms with Crippen molar-refractivity contribution in [2.75, 3.05) is 20.8 Å². The molecule has 1 saturated heterocycles. The van der Waals surface area contributed by atoms with E-state index in [4.69, 9.17) is 14.6 Å². The standard InChI is InChI=1S/C14H13BrN2O6/c1-17-13(20)9(16-14(17)21)3-7-4-10(22-2)11(5-8(7)15)23-6-12(18)19/h3-5H,6H2,1-2H3,(H,16,21)(H,18,19)/b9-3+.